The molecule has 66 valence electrons. The van der Waals surface area contributed by atoms with Gasteiger partial charge in [-0.2, -0.15) is 0 Å². The van der Waals surface area contributed by atoms with E-state index in [4.69, 9.17) is 0 Å². The summed E-state index contributed by atoms with van der Waals surface area (Å²) in [6, 6.07) is 2.62. The molecule has 1 heterocycles. The van der Waals surface area contributed by atoms with Crippen LogP contribution in [0.1, 0.15) is 18.1 Å². The molecule has 1 rings (SSSR count). The molecule has 12 heavy (non-hydrogen) atoms. The van der Waals surface area contributed by atoms with E-state index >= 15 is 0 Å². The number of hydrogen-bond donors (Lipinski definition) is 1. The Labute approximate surface area is 74.0 Å². The molecule has 0 fully saturated rings. The number of nitrogens with one attached hydrogen (secondary N) is 1. The molecule has 0 bridgehead atoms. The van der Waals surface area contributed by atoms with E-state index in [-0.39, 0.29) is 0 Å². The number of aromatic nitrogens is 1. The van der Waals surface area contributed by atoms with E-state index in [1.165, 1.54) is 11.1 Å². The zero-order valence-corrected chi connectivity index (χ0v) is 7.96. The monoisotopic (exact) mass is 164 g/mol. The molecule has 0 saturated heterocycles. The molecule has 0 radical (unpaired) electrons. The highest BCUT2D eigenvalue weighted by Crippen LogP contribution is 2.07. The van der Waals surface area contributed by atoms with Crippen molar-refractivity contribution in [2.24, 2.45) is 0 Å². The maximum Gasteiger partial charge on any atom is 0.0299 e. The van der Waals surface area contributed by atoms with Crippen molar-refractivity contribution < 1.29 is 0 Å². The largest absolute Gasteiger partial charge is 0.317 e. The minimum atomic E-state index is 0.533. The second kappa shape index (κ2) is 4.21. The first kappa shape index (κ1) is 9.20. The Morgan fingerprint density at radius 1 is 1.58 bits per heavy atom. The number of rotatable bonds is 3. The van der Waals surface area contributed by atoms with E-state index < -0.39 is 0 Å². The number of aryl methyl sites for hydroxylation is 1. The summed E-state index contributed by atoms with van der Waals surface area (Å²) in [7, 11) is 1.99. The predicted octanol–water partition coefficient (Wildman–Crippen LogP) is 1.54. The molecular formula is C10H16N2. The summed E-state index contributed by atoms with van der Waals surface area (Å²) in [5, 5.41) is 3.22. The third-order valence-electron chi connectivity index (χ3n) is 2.16. The van der Waals surface area contributed by atoms with Crippen molar-refractivity contribution in [3.8, 4) is 0 Å². The molecule has 1 atom stereocenters. The Bertz CT molecular complexity index is 245. The van der Waals surface area contributed by atoms with Crippen LogP contribution in [0.2, 0.25) is 0 Å². The van der Waals surface area contributed by atoms with Crippen LogP contribution in [0, 0.1) is 6.92 Å². The van der Waals surface area contributed by atoms with Crippen LogP contribution in [-0.4, -0.2) is 18.1 Å². The van der Waals surface area contributed by atoms with Crippen molar-refractivity contribution in [1.29, 1.82) is 0 Å². The van der Waals surface area contributed by atoms with Crippen molar-refractivity contribution in [1.82, 2.24) is 10.3 Å². The summed E-state index contributed by atoms with van der Waals surface area (Å²) in [5.41, 5.74) is 2.66. The van der Waals surface area contributed by atoms with E-state index in [0.717, 1.165) is 6.42 Å². The van der Waals surface area contributed by atoms with Gasteiger partial charge >= 0.3 is 0 Å². The van der Waals surface area contributed by atoms with Gasteiger partial charge in [0.05, 0.1) is 0 Å². The first-order chi connectivity index (χ1) is 5.74. The number of hydrogen-bond acceptors (Lipinski definition) is 2. The van der Waals surface area contributed by atoms with Crippen LogP contribution in [0.15, 0.2) is 18.5 Å². The van der Waals surface area contributed by atoms with Gasteiger partial charge in [-0.05, 0) is 44.5 Å². The molecule has 0 amide bonds. The highest BCUT2D eigenvalue weighted by molar-refractivity contribution is 5.22. The molecule has 2 heteroatoms. The molecule has 1 N–H and O–H groups in total. The molecule has 0 saturated carbocycles. The lowest BCUT2D eigenvalue weighted by molar-refractivity contribution is 0.606. The van der Waals surface area contributed by atoms with Crippen molar-refractivity contribution in [3.05, 3.63) is 29.6 Å². The second-order valence-corrected chi connectivity index (χ2v) is 3.20. The molecule has 0 aliphatic heterocycles. The average molecular weight is 164 g/mol. The Balaban J connectivity index is 2.69. The topological polar surface area (TPSA) is 24.9 Å². The number of pyridine rings is 1. The number of nitrogens with zero attached hydrogens (tertiary/aromatic N) is 1. The minimum Gasteiger partial charge on any atom is -0.317 e. The van der Waals surface area contributed by atoms with Gasteiger partial charge in [0.1, 0.15) is 0 Å². The van der Waals surface area contributed by atoms with Gasteiger partial charge in [-0.25, -0.2) is 0 Å². The Morgan fingerprint density at radius 2 is 2.33 bits per heavy atom. The van der Waals surface area contributed by atoms with Crippen LogP contribution in [0.5, 0.6) is 0 Å². The molecule has 0 spiro atoms. The third kappa shape index (κ3) is 2.31. The zero-order valence-electron chi connectivity index (χ0n) is 7.96. The molecule has 1 unspecified atom stereocenters. The fourth-order valence-corrected chi connectivity index (χ4v) is 1.16. The van der Waals surface area contributed by atoms with Crippen molar-refractivity contribution in [3.63, 3.8) is 0 Å². The van der Waals surface area contributed by atoms with Crippen LogP contribution in [0.25, 0.3) is 0 Å². The van der Waals surface area contributed by atoms with E-state index in [0.29, 0.717) is 6.04 Å². The Kier molecular flexibility index (Phi) is 3.23. The predicted molar refractivity (Wildman–Crippen MR) is 51.2 cm³/mol. The summed E-state index contributed by atoms with van der Waals surface area (Å²) in [5.74, 6) is 0. The van der Waals surface area contributed by atoms with Gasteiger partial charge in [0.15, 0.2) is 0 Å². The van der Waals surface area contributed by atoms with Gasteiger partial charge in [-0.15, -0.1) is 0 Å². The smallest absolute Gasteiger partial charge is 0.0299 e. The lowest BCUT2D eigenvalue weighted by atomic mass is 10.0. The van der Waals surface area contributed by atoms with Gasteiger partial charge in [0, 0.05) is 18.4 Å². The molecule has 2 nitrogen and oxygen atoms in total. The van der Waals surface area contributed by atoms with Gasteiger partial charge < -0.3 is 5.32 Å². The van der Waals surface area contributed by atoms with Gasteiger partial charge in [0.25, 0.3) is 0 Å². The molecular weight excluding hydrogens is 148 g/mol. The summed E-state index contributed by atoms with van der Waals surface area (Å²) >= 11 is 0. The average Bonchev–Trinajstić information content (AvgIpc) is 2.09. The highest BCUT2D eigenvalue weighted by Gasteiger charge is 2.02. The molecule has 1 aromatic heterocycles. The summed E-state index contributed by atoms with van der Waals surface area (Å²) in [6.07, 6.45) is 4.84. The quantitative estimate of drug-likeness (QED) is 0.733. The van der Waals surface area contributed by atoms with Crippen LogP contribution in [0.4, 0.5) is 0 Å². The van der Waals surface area contributed by atoms with Crippen molar-refractivity contribution >= 4 is 0 Å². The SMILES string of the molecule is CNC(C)Cc1ccncc1C. The highest BCUT2D eigenvalue weighted by atomic mass is 14.8. The van der Waals surface area contributed by atoms with E-state index in [1.807, 2.05) is 19.4 Å². The molecule has 1 aromatic rings. The van der Waals surface area contributed by atoms with Crippen molar-refractivity contribution in [2.75, 3.05) is 7.05 Å². The molecule has 0 aromatic carbocycles. The Morgan fingerprint density at radius 3 is 2.92 bits per heavy atom. The van der Waals surface area contributed by atoms with Gasteiger partial charge in [-0.3, -0.25) is 4.98 Å². The number of likely N-dealkylation sites (N-methyl/N-ethyl adjacent to an activating group) is 1. The minimum absolute atomic E-state index is 0.533. The van der Waals surface area contributed by atoms with E-state index in [1.54, 1.807) is 0 Å². The fraction of sp³-hybridized carbons (Fsp3) is 0.500. The van der Waals surface area contributed by atoms with Crippen molar-refractivity contribution in [2.45, 2.75) is 26.3 Å². The van der Waals surface area contributed by atoms with Crippen LogP contribution in [-0.2, 0) is 6.42 Å². The second-order valence-electron chi connectivity index (χ2n) is 3.20. The first-order valence-electron chi connectivity index (χ1n) is 4.30. The summed E-state index contributed by atoms with van der Waals surface area (Å²) in [4.78, 5) is 4.06. The van der Waals surface area contributed by atoms with Crippen LogP contribution in [0.3, 0.4) is 0 Å². The van der Waals surface area contributed by atoms with Crippen LogP contribution >= 0.6 is 0 Å². The van der Waals surface area contributed by atoms with E-state index in [2.05, 4.69) is 30.2 Å². The van der Waals surface area contributed by atoms with Gasteiger partial charge in [-0.1, -0.05) is 0 Å². The summed E-state index contributed by atoms with van der Waals surface area (Å²) < 4.78 is 0. The standard InChI is InChI=1S/C10H16N2/c1-8-7-12-5-4-10(8)6-9(2)11-3/h4-5,7,9,11H,6H2,1-3H3. The maximum atomic E-state index is 4.06. The molecule has 0 aliphatic carbocycles. The third-order valence-corrected chi connectivity index (χ3v) is 2.16. The first-order valence-corrected chi connectivity index (χ1v) is 4.30. The lowest BCUT2D eigenvalue weighted by Gasteiger charge is -2.11. The zero-order chi connectivity index (χ0) is 8.97. The molecule has 0 aliphatic rings. The van der Waals surface area contributed by atoms with E-state index in [9.17, 15) is 0 Å². The maximum absolute atomic E-state index is 4.06. The normalized spacial score (nSPS) is 12.9. The Hall–Kier alpha value is -0.890. The lowest BCUT2D eigenvalue weighted by Crippen LogP contribution is -2.23. The fourth-order valence-electron chi connectivity index (χ4n) is 1.16. The van der Waals surface area contributed by atoms with Crippen LogP contribution < -0.4 is 5.32 Å². The van der Waals surface area contributed by atoms with Gasteiger partial charge in [0.2, 0.25) is 0 Å². The summed E-state index contributed by atoms with van der Waals surface area (Å²) in [6.45, 7) is 4.28.